The average molecular weight is 579 g/mol. The first-order chi connectivity index (χ1) is 19.6. The van der Waals surface area contributed by atoms with Crippen molar-refractivity contribution in [2.45, 2.75) is 90.0 Å². The summed E-state index contributed by atoms with van der Waals surface area (Å²) in [5.74, 6) is 0.438. The van der Waals surface area contributed by atoms with Crippen LogP contribution in [0.25, 0.3) is 11.3 Å². The average Bonchev–Trinajstić information content (AvgIpc) is 2.89. The number of ether oxygens (including phenoxy) is 2. The first-order valence-corrected chi connectivity index (χ1v) is 15.1. The van der Waals surface area contributed by atoms with Crippen LogP contribution in [0.2, 0.25) is 0 Å². The van der Waals surface area contributed by atoms with Crippen LogP contribution in [-0.4, -0.2) is 51.9 Å². The number of aromatic carboxylic acids is 1. The van der Waals surface area contributed by atoms with Crippen LogP contribution in [0, 0.1) is 19.8 Å². The van der Waals surface area contributed by atoms with E-state index >= 15 is 0 Å². The molecule has 3 aromatic rings. The standard InChI is InChI=1S/C32H42N4O4S/c1-19(2)13-25(33-24-15-26(16-24)40-20(3)4)18-39-29-17-28(30-21(5)9-7-10-22(30)6)34-32(35-29)36-41-27-12-8-11-23(14-27)31(37)38/h7-12,14,17,19-20,24-26,33H,13,15-16,18H2,1-6H3,(H,37,38)(H,34,35,36). The summed E-state index contributed by atoms with van der Waals surface area (Å²) in [5, 5.41) is 13.1. The molecule has 1 aliphatic carbocycles. The van der Waals surface area contributed by atoms with E-state index in [1.165, 1.54) is 11.9 Å². The number of nitrogens with zero attached hydrogens (tertiary/aromatic N) is 2. The highest BCUT2D eigenvalue weighted by atomic mass is 32.2. The second-order valence-corrected chi connectivity index (χ2v) is 12.4. The van der Waals surface area contributed by atoms with Crippen LogP contribution in [0.5, 0.6) is 5.88 Å². The number of rotatable bonds is 14. The molecule has 1 unspecified atom stereocenters. The zero-order valence-electron chi connectivity index (χ0n) is 24.8. The Bertz CT molecular complexity index is 1310. The van der Waals surface area contributed by atoms with Crippen molar-refractivity contribution in [3.05, 3.63) is 65.2 Å². The molecule has 8 nitrogen and oxygen atoms in total. The third-order valence-electron chi connectivity index (χ3n) is 7.00. The molecule has 0 spiro atoms. The molecule has 2 aromatic carbocycles. The molecule has 3 N–H and O–H groups in total. The van der Waals surface area contributed by atoms with Gasteiger partial charge >= 0.3 is 5.97 Å². The zero-order chi connectivity index (χ0) is 29.5. The van der Waals surface area contributed by atoms with Gasteiger partial charge in [-0.1, -0.05) is 38.1 Å². The Morgan fingerprint density at radius 3 is 2.41 bits per heavy atom. The van der Waals surface area contributed by atoms with Gasteiger partial charge in [0.05, 0.1) is 23.5 Å². The number of anilines is 1. The van der Waals surface area contributed by atoms with Crippen molar-refractivity contribution in [3.8, 4) is 17.1 Å². The largest absolute Gasteiger partial charge is 0.478 e. The Labute approximate surface area is 247 Å². The van der Waals surface area contributed by atoms with E-state index in [9.17, 15) is 9.90 Å². The van der Waals surface area contributed by atoms with Gasteiger partial charge in [-0.3, -0.25) is 4.72 Å². The molecule has 1 saturated carbocycles. The minimum atomic E-state index is -0.967. The molecule has 0 bridgehead atoms. The molecule has 220 valence electrons. The van der Waals surface area contributed by atoms with Gasteiger partial charge in [0.15, 0.2) is 0 Å². The quantitative estimate of drug-likeness (QED) is 0.176. The van der Waals surface area contributed by atoms with Gasteiger partial charge in [0.25, 0.3) is 0 Å². The van der Waals surface area contributed by atoms with E-state index in [4.69, 9.17) is 14.5 Å². The van der Waals surface area contributed by atoms with Crippen molar-refractivity contribution in [2.24, 2.45) is 5.92 Å². The van der Waals surface area contributed by atoms with Crippen LogP contribution < -0.4 is 14.8 Å². The summed E-state index contributed by atoms with van der Waals surface area (Å²) in [4.78, 5) is 21.6. The van der Waals surface area contributed by atoms with Crippen molar-refractivity contribution in [2.75, 3.05) is 11.3 Å². The summed E-state index contributed by atoms with van der Waals surface area (Å²) in [6.45, 7) is 13.2. The Kier molecular flexibility index (Phi) is 10.6. The van der Waals surface area contributed by atoms with E-state index in [1.54, 1.807) is 18.2 Å². The molecule has 41 heavy (non-hydrogen) atoms. The van der Waals surface area contributed by atoms with Crippen LogP contribution in [0.15, 0.2) is 53.4 Å². The Morgan fingerprint density at radius 2 is 1.76 bits per heavy atom. The SMILES string of the molecule is Cc1cccc(C)c1-c1cc(OCC(CC(C)C)NC2CC(OC(C)C)C2)nc(NSc2cccc(C(=O)O)c2)n1. The predicted octanol–water partition coefficient (Wildman–Crippen LogP) is 6.92. The van der Waals surface area contributed by atoms with Gasteiger partial charge in [-0.25, -0.2) is 9.78 Å². The van der Waals surface area contributed by atoms with Crippen LogP contribution in [-0.2, 0) is 4.74 Å². The molecule has 0 amide bonds. The fourth-order valence-electron chi connectivity index (χ4n) is 5.16. The molecule has 1 aliphatic rings. The van der Waals surface area contributed by atoms with E-state index in [-0.39, 0.29) is 17.7 Å². The summed E-state index contributed by atoms with van der Waals surface area (Å²) in [6, 6.07) is 15.4. The summed E-state index contributed by atoms with van der Waals surface area (Å²) < 4.78 is 15.5. The molecule has 4 rings (SSSR count). The molecule has 0 aliphatic heterocycles. The first-order valence-electron chi connectivity index (χ1n) is 14.3. The molecule has 0 saturated heterocycles. The van der Waals surface area contributed by atoms with E-state index < -0.39 is 5.97 Å². The van der Waals surface area contributed by atoms with Crippen LogP contribution in [0.1, 0.15) is 68.4 Å². The van der Waals surface area contributed by atoms with E-state index in [2.05, 4.69) is 68.7 Å². The lowest BCUT2D eigenvalue weighted by Crippen LogP contribution is -2.51. The predicted molar refractivity (Wildman–Crippen MR) is 165 cm³/mol. The molecule has 1 fully saturated rings. The van der Waals surface area contributed by atoms with Crippen molar-refractivity contribution in [1.82, 2.24) is 15.3 Å². The number of carbonyl (C=O) groups is 1. The lowest BCUT2D eigenvalue weighted by Gasteiger charge is -2.39. The van der Waals surface area contributed by atoms with Crippen LogP contribution in [0.4, 0.5) is 5.95 Å². The van der Waals surface area contributed by atoms with Gasteiger partial charge < -0.3 is 19.9 Å². The lowest BCUT2D eigenvalue weighted by atomic mass is 9.87. The summed E-state index contributed by atoms with van der Waals surface area (Å²) in [7, 11) is 0. The topological polar surface area (TPSA) is 106 Å². The van der Waals surface area contributed by atoms with Crippen molar-refractivity contribution >= 4 is 23.9 Å². The number of hydrogen-bond donors (Lipinski definition) is 3. The number of aryl methyl sites for hydroxylation is 2. The van der Waals surface area contributed by atoms with Gasteiger partial charge in [-0.2, -0.15) is 4.98 Å². The zero-order valence-corrected chi connectivity index (χ0v) is 25.6. The van der Waals surface area contributed by atoms with Crippen molar-refractivity contribution in [1.29, 1.82) is 0 Å². The number of aromatic nitrogens is 2. The van der Waals surface area contributed by atoms with Gasteiger partial charge in [0.1, 0.15) is 6.61 Å². The van der Waals surface area contributed by atoms with Crippen LogP contribution in [0.3, 0.4) is 0 Å². The Balaban J connectivity index is 1.52. The fraction of sp³-hybridized carbons (Fsp3) is 0.469. The minimum absolute atomic E-state index is 0.183. The molecular weight excluding hydrogens is 536 g/mol. The molecule has 0 radical (unpaired) electrons. The van der Waals surface area contributed by atoms with Gasteiger partial charge in [0, 0.05) is 28.6 Å². The third kappa shape index (κ3) is 8.92. The number of nitrogens with one attached hydrogen (secondary N) is 2. The molecular formula is C32H42N4O4S. The summed E-state index contributed by atoms with van der Waals surface area (Å²) in [6.07, 6.45) is 3.61. The first kappa shape index (κ1) is 30.8. The van der Waals surface area contributed by atoms with Gasteiger partial charge in [-0.15, -0.1) is 0 Å². The monoisotopic (exact) mass is 578 g/mol. The highest BCUT2D eigenvalue weighted by molar-refractivity contribution is 8.00. The molecule has 1 heterocycles. The van der Waals surface area contributed by atoms with E-state index in [0.29, 0.717) is 36.5 Å². The van der Waals surface area contributed by atoms with E-state index in [1.807, 2.05) is 18.2 Å². The number of carboxylic acids is 1. The fourth-order valence-corrected chi connectivity index (χ4v) is 5.79. The second kappa shape index (κ2) is 14.2. The van der Waals surface area contributed by atoms with Gasteiger partial charge in [-0.05, 0) is 94.1 Å². The van der Waals surface area contributed by atoms with Crippen LogP contribution >= 0.6 is 11.9 Å². The number of benzene rings is 2. The van der Waals surface area contributed by atoms with Crippen molar-refractivity contribution in [3.63, 3.8) is 0 Å². The molecule has 9 heteroatoms. The highest BCUT2D eigenvalue weighted by Gasteiger charge is 2.32. The maximum absolute atomic E-state index is 11.4. The maximum atomic E-state index is 11.4. The van der Waals surface area contributed by atoms with Gasteiger partial charge in [0.2, 0.25) is 11.8 Å². The Morgan fingerprint density at radius 1 is 1.05 bits per heavy atom. The number of carboxylic acid groups (broad SMARTS) is 1. The minimum Gasteiger partial charge on any atom is -0.478 e. The molecule has 1 aromatic heterocycles. The smallest absolute Gasteiger partial charge is 0.335 e. The molecule has 1 atom stereocenters. The Hall–Kier alpha value is -3.14. The second-order valence-electron chi connectivity index (χ2n) is 11.5. The number of hydrogen-bond acceptors (Lipinski definition) is 8. The summed E-state index contributed by atoms with van der Waals surface area (Å²) >= 11 is 1.26. The highest BCUT2D eigenvalue weighted by Crippen LogP contribution is 2.31. The van der Waals surface area contributed by atoms with E-state index in [0.717, 1.165) is 46.5 Å². The summed E-state index contributed by atoms with van der Waals surface area (Å²) in [5.41, 5.74) is 4.27. The van der Waals surface area contributed by atoms with Crippen molar-refractivity contribution < 1.29 is 19.4 Å². The maximum Gasteiger partial charge on any atom is 0.335 e. The third-order valence-corrected chi connectivity index (χ3v) is 7.77. The lowest BCUT2D eigenvalue weighted by molar-refractivity contribution is -0.0526. The normalized spacial score (nSPS) is 17.4.